The maximum absolute atomic E-state index is 12.9. The third-order valence-electron chi connectivity index (χ3n) is 3.43. The van der Waals surface area contributed by atoms with Gasteiger partial charge in [-0.25, -0.2) is 9.37 Å². The molecule has 0 fully saturated rings. The minimum absolute atomic E-state index is 0.140. The first-order valence-electron chi connectivity index (χ1n) is 7.86. The molecule has 1 aromatic heterocycles. The highest BCUT2D eigenvalue weighted by molar-refractivity contribution is 7.15. The zero-order valence-electron chi connectivity index (χ0n) is 13.4. The SMILES string of the molecule is O=C(CCOc1ccccc1)Nc1ncc(Cc2ccc(F)cc2)s1. The molecule has 1 N–H and O–H groups in total. The van der Waals surface area contributed by atoms with Gasteiger partial charge in [-0.3, -0.25) is 4.79 Å². The zero-order chi connectivity index (χ0) is 17.5. The second-order valence-electron chi connectivity index (χ2n) is 5.39. The van der Waals surface area contributed by atoms with Crippen LogP contribution in [0.15, 0.2) is 60.8 Å². The number of thiazole rings is 1. The monoisotopic (exact) mass is 356 g/mol. The maximum atomic E-state index is 12.9. The third kappa shape index (κ3) is 5.39. The van der Waals surface area contributed by atoms with Crippen molar-refractivity contribution in [1.82, 2.24) is 4.98 Å². The predicted molar refractivity (Wildman–Crippen MR) is 96.5 cm³/mol. The van der Waals surface area contributed by atoms with Gasteiger partial charge in [-0.2, -0.15) is 0 Å². The first kappa shape index (κ1) is 17.1. The fourth-order valence-corrected chi connectivity index (χ4v) is 3.07. The van der Waals surface area contributed by atoms with Crippen LogP contribution < -0.4 is 10.1 Å². The van der Waals surface area contributed by atoms with Crippen LogP contribution in [0.5, 0.6) is 5.75 Å². The Morgan fingerprint density at radius 2 is 1.88 bits per heavy atom. The van der Waals surface area contributed by atoms with Gasteiger partial charge >= 0.3 is 0 Å². The van der Waals surface area contributed by atoms with E-state index in [-0.39, 0.29) is 18.1 Å². The zero-order valence-corrected chi connectivity index (χ0v) is 14.3. The number of nitrogens with one attached hydrogen (secondary N) is 1. The lowest BCUT2D eigenvalue weighted by atomic mass is 10.1. The number of amides is 1. The molecule has 3 aromatic rings. The number of benzene rings is 2. The second kappa shape index (κ2) is 8.39. The van der Waals surface area contributed by atoms with Crippen molar-refractivity contribution in [2.24, 2.45) is 0 Å². The van der Waals surface area contributed by atoms with Crippen LogP contribution in [0.1, 0.15) is 16.9 Å². The van der Waals surface area contributed by atoms with Crippen molar-refractivity contribution >= 4 is 22.4 Å². The number of hydrogen-bond acceptors (Lipinski definition) is 4. The van der Waals surface area contributed by atoms with Gasteiger partial charge in [0.2, 0.25) is 5.91 Å². The quantitative estimate of drug-likeness (QED) is 0.687. The molecule has 2 aromatic carbocycles. The van der Waals surface area contributed by atoms with Crippen molar-refractivity contribution in [3.63, 3.8) is 0 Å². The van der Waals surface area contributed by atoms with E-state index in [4.69, 9.17) is 4.74 Å². The van der Waals surface area contributed by atoms with Crippen LogP contribution in [-0.4, -0.2) is 17.5 Å². The lowest BCUT2D eigenvalue weighted by Gasteiger charge is -2.05. The Morgan fingerprint density at radius 1 is 1.12 bits per heavy atom. The summed E-state index contributed by atoms with van der Waals surface area (Å²) in [6, 6.07) is 15.7. The lowest BCUT2D eigenvalue weighted by molar-refractivity contribution is -0.116. The van der Waals surface area contributed by atoms with E-state index in [9.17, 15) is 9.18 Å². The van der Waals surface area contributed by atoms with Gasteiger partial charge in [0, 0.05) is 17.5 Å². The van der Waals surface area contributed by atoms with Gasteiger partial charge in [0.1, 0.15) is 11.6 Å². The van der Waals surface area contributed by atoms with Crippen LogP contribution in [-0.2, 0) is 11.2 Å². The van der Waals surface area contributed by atoms with E-state index in [0.717, 1.165) is 16.2 Å². The van der Waals surface area contributed by atoms with E-state index < -0.39 is 0 Å². The molecule has 0 aliphatic rings. The number of rotatable bonds is 7. The van der Waals surface area contributed by atoms with Crippen LogP contribution in [0.2, 0.25) is 0 Å². The molecule has 1 heterocycles. The second-order valence-corrected chi connectivity index (χ2v) is 6.51. The third-order valence-corrected chi connectivity index (χ3v) is 4.35. The van der Waals surface area contributed by atoms with Crippen molar-refractivity contribution in [3.8, 4) is 5.75 Å². The van der Waals surface area contributed by atoms with Crippen molar-refractivity contribution in [2.45, 2.75) is 12.8 Å². The summed E-state index contributed by atoms with van der Waals surface area (Å²) >= 11 is 1.41. The fourth-order valence-electron chi connectivity index (χ4n) is 2.21. The smallest absolute Gasteiger partial charge is 0.229 e. The van der Waals surface area contributed by atoms with Crippen LogP contribution in [0.3, 0.4) is 0 Å². The number of halogens is 1. The number of aromatic nitrogens is 1. The Hall–Kier alpha value is -2.73. The summed E-state index contributed by atoms with van der Waals surface area (Å²) in [5.74, 6) is 0.350. The van der Waals surface area contributed by atoms with E-state index in [0.29, 0.717) is 18.2 Å². The molecule has 4 nitrogen and oxygen atoms in total. The van der Waals surface area contributed by atoms with E-state index in [1.165, 1.54) is 23.5 Å². The summed E-state index contributed by atoms with van der Waals surface area (Å²) in [6.07, 6.45) is 2.64. The van der Waals surface area contributed by atoms with Gasteiger partial charge in [0.25, 0.3) is 0 Å². The molecule has 0 unspecified atom stereocenters. The van der Waals surface area contributed by atoms with Gasteiger partial charge < -0.3 is 10.1 Å². The number of hydrogen-bond donors (Lipinski definition) is 1. The first-order valence-corrected chi connectivity index (χ1v) is 8.67. The molecule has 0 saturated heterocycles. The van der Waals surface area contributed by atoms with E-state index in [2.05, 4.69) is 10.3 Å². The summed E-state index contributed by atoms with van der Waals surface area (Å²) in [6.45, 7) is 0.309. The van der Waals surface area contributed by atoms with Crippen molar-refractivity contribution in [1.29, 1.82) is 0 Å². The van der Waals surface area contributed by atoms with E-state index in [1.54, 1.807) is 18.3 Å². The van der Waals surface area contributed by atoms with Gasteiger partial charge in [0.15, 0.2) is 5.13 Å². The molecule has 0 spiro atoms. The molecule has 1 amide bonds. The Morgan fingerprint density at radius 3 is 2.64 bits per heavy atom. The molecule has 0 aliphatic heterocycles. The number of carbonyl (C=O) groups is 1. The summed E-state index contributed by atoms with van der Waals surface area (Å²) < 4.78 is 18.4. The number of nitrogens with zero attached hydrogens (tertiary/aromatic N) is 1. The van der Waals surface area contributed by atoms with Crippen LogP contribution in [0, 0.1) is 5.82 Å². The van der Waals surface area contributed by atoms with Crippen LogP contribution in [0.4, 0.5) is 9.52 Å². The van der Waals surface area contributed by atoms with Crippen molar-refractivity contribution in [2.75, 3.05) is 11.9 Å². The Bertz CT molecular complexity index is 819. The number of carbonyl (C=O) groups excluding carboxylic acids is 1. The minimum Gasteiger partial charge on any atom is -0.493 e. The van der Waals surface area contributed by atoms with Gasteiger partial charge in [-0.1, -0.05) is 30.3 Å². The van der Waals surface area contributed by atoms with Crippen LogP contribution >= 0.6 is 11.3 Å². The molecular weight excluding hydrogens is 339 g/mol. The Labute approximate surface area is 149 Å². The highest BCUT2D eigenvalue weighted by Gasteiger charge is 2.08. The number of anilines is 1. The molecule has 6 heteroatoms. The normalized spacial score (nSPS) is 10.4. The summed E-state index contributed by atoms with van der Waals surface area (Å²) in [5, 5.41) is 3.33. The standard InChI is InChI=1S/C19H17FN2O2S/c20-15-8-6-14(7-9-15)12-17-13-21-19(25-17)22-18(23)10-11-24-16-4-2-1-3-5-16/h1-9,13H,10-12H2,(H,21,22,23). The Kier molecular flexibility index (Phi) is 5.74. The van der Waals surface area contributed by atoms with E-state index >= 15 is 0 Å². The summed E-state index contributed by atoms with van der Waals surface area (Å²) in [7, 11) is 0. The van der Waals surface area contributed by atoms with Crippen LogP contribution in [0.25, 0.3) is 0 Å². The minimum atomic E-state index is -0.251. The molecule has 0 radical (unpaired) electrons. The van der Waals surface area contributed by atoms with E-state index in [1.807, 2.05) is 30.3 Å². The highest BCUT2D eigenvalue weighted by Crippen LogP contribution is 2.21. The average molecular weight is 356 g/mol. The molecule has 128 valence electrons. The topological polar surface area (TPSA) is 51.2 Å². The molecular formula is C19H17FN2O2S. The highest BCUT2D eigenvalue weighted by atomic mass is 32.1. The van der Waals surface area contributed by atoms with Gasteiger partial charge in [-0.05, 0) is 29.8 Å². The maximum Gasteiger partial charge on any atom is 0.229 e. The van der Waals surface area contributed by atoms with Gasteiger partial charge in [-0.15, -0.1) is 11.3 Å². The molecule has 25 heavy (non-hydrogen) atoms. The number of para-hydroxylation sites is 1. The molecule has 0 saturated carbocycles. The first-order chi connectivity index (χ1) is 12.2. The molecule has 0 aliphatic carbocycles. The fraction of sp³-hybridized carbons (Fsp3) is 0.158. The summed E-state index contributed by atoms with van der Waals surface area (Å²) in [5.41, 5.74) is 0.999. The Balaban J connectivity index is 1.45. The van der Waals surface area contributed by atoms with Gasteiger partial charge in [0.05, 0.1) is 13.0 Å². The van der Waals surface area contributed by atoms with Crippen molar-refractivity contribution in [3.05, 3.63) is 77.1 Å². The largest absolute Gasteiger partial charge is 0.493 e. The average Bonchev–Trinajstić information content (AvgIpc) is 3.05. The molecule has 0 bridgehead atoms. The summed E-state index contributed by atoms with van der Waals surface area (Å²) in [4.78, 5) is 17.2. The number of ether oxygens (including phenoxy) is 1. The lowest BCUT2D eigenvalue weighted by Crippen LogP contribution is -2.14. The predicted octanol–water partition coefficient (Wildman–Crippen LogP) is 4.28. The molecule has 3 rings (SSSR count). The molecule has 0 atom stereocenters. The van der Waals surface area contributed by atoms with Crippen molar-refractivity contribution < 1.29 is 13.9 Å².